The summed E-state index contributed by atoms with van der Waals surface area (Å²) in [4.78, 5) is 6.53. The fraction of sp³-hybridized carbons (Fsp3) is 0.400. The summed E-state index contributed by atoms with van der Waals surface area (Å²) in [6, 6.07) is 8.59. The summed E-state index contributed by atoms with van der Waals surface area (Å²) in [6.45, 7) is 2.90. The first-order chi connectivity index (χ1) is 9.11. The van der Waals surface area contributed by atoms with Crippen LogP contribution < -0.4 is 10.6 Å². The molecule has 0 fully saturated rings. The normalized spacial score (nSPS) is 12.4. The molecule has 0 aliphatic heterocycles. The zero-order valence-corrected chi connectivity index (χ0v) is 11.9. The molecule has 1 atom stereocenters. The van der Waals surface area contributed by atoms with Crippen molar-refractivity contribution in [2.24, 2.45) is 12.8 Å². The van der Waals surface area contributed by atoms with E-state index in [4.69, 9.17) is 5.73 Å². The predicted molar refractivity (Wildman–Crippen MR) is 79.0 cm³/mol. The first-order valence-electron chi connectivity index (χ1n) is 6.64. The van der Waals surface area contributed by atoms with Gasteiger partial charge in [0, 0.05) is 38.2 Å². The molecular weight excluding hydrogens is 236 g/mol. The van der Waals surface area contributed by atoms with Gasteiger partial charge in [-0.05, 0) is 24.1 Å². The number of nitrogens with zero attached hydrogens (tertiary/aromatic N) is 3. The van der Waals surface area contributed by atoms with Gasteiger partial charge in [0.15, 0.2) is 0 Å². The van der Waals surface area contributed by atoms with Gasteiger partial charge in [-0.3, -0.25) is 0 Å². The maximum atomic E-state index is 6.02. The number of anilines is 1. The Bertz CT molecular complexity index is 515. The Morgan fingerprint density at radius 2 is 2.00 bits per heavy atom. The number of aryl methyl sites for hydroxylation is 1. The van der Waals surface area contributed by atoms with Gasteiger partial charge in [-0.2, -0.15) is 0 Å². The van der Waals surface area contributed by atoms with Crippen molar-refractivity contribution < 1.29 is 0 Å². The highest BCUT2D eigenvalue weighted by Gasteiger charge is 2.07. The Hall–Kier alpha value is -1.81. The summed E-state index contributed by atoms with van der Waals surface area (Å²) < 4.78 is 2.04. The molecule has 19 heavy (non-hydrogen) atoms. The van der Waals surface area contributed by atoms with Crippen LogP contribution in [0.15, 0.2) is 36.7 Å². The molecule has 0 aliphatic carbocycles. The number of rotatable bonds is 5. The number of aromatic nitrogens is 2. The molecule has 4 heteroatoms. The Morgan fingerprint density at radius 3 is 2.53 bits per heavy atom. The number of hydrogen-bond donors (Lipinski definition) is 1. The quantitative estimate of drug-likeness (QED) is 0.896. The van der Waals surface area contributed by atoms with E-state index in [0.717, 1.165) is 18.8 Å². The number of imidazole rings is 1. The second-order valence-corrected chi connectivity index (χ2v) is 4.92. The topological polar surface area (TPSA) is 47.1 Å². The van der Waals surface area contributed by atoms with Crippen molar-refractivity contribution in [1.29, 1.82) is 0 Å². The average Bonchev–Trinajstić information content (AvgIpc) is 2.83. The van der Waals surface area contributed by atoms with E-state index >= 15 is 0 Å². The number of hydrogen-bond acceptors (Lipinski definition) is 3. The predicted octanol–water partition coefficient (Wildman–Crippen LogP) is 2.47. The van der Waals surface area contributed by atoms with Crippen LogP contribution in [0.4, 0.5) is 5.69 Å². The largest absolute Gasteiger partial charge is 0.367 e. The van der Waals surface area contributed by atoms with Crippen molar-refractivity contribution >= 4 is 5.69 Å². The molecule has 2 rings (SSSR count). The van der Waals surface area contributed by atoms with Crippen LogP contribution in [-0.4, -0.2) is 16.6 Å². The van der Waals surface area contributed by atoms with E-state index in [2.05, 4.69) is 48.1 Å². The van der Waals surface area contributed by atoms with Gasteiger partial charge in [-0.15, -0.1) is 0 Å². The molecule has 2 aromatic rings. The lowest BCUT2D eigenvalue weighted by Gasteiger charge is -2.20. The molecule has 0 bridgehead atoms. The van der Waals surface area contributed by atoms with Crippen molar-refractivity contribution in [2.75, 3.05) is 11.9 Å². The van der Waals surface area contributed by atoms with Crippen LogP contribution in [0.1, 0.15) is 30.8 Å². The van der Waals surface area contributed by atoms with E-state index in [0.29, 0.717) is 0 Å². The first kappa shape index (κ1) is 13.6. The van der Waals surface area contributed by atoms with Crippen LogP contribution in [0, 0.1) is 0 Å². The Balaban J connectivity index is 2.07. The highest BCUT2D eigenvalue weighted by atomic mass is 15.2. The monoisotopic (exact) mass is 258 g/mol. The van der Waals surface area contributed by atoms with Gasteiger partial charge in [-0.1, -0.05) is 19.1 Å². The molecule has 0 unspecified atom stereocenters. The minimum absolute atomic E-state index is 0.133. The standard InChI is InChI=1S/C15H22N4/c1-4-14(16)12-5-7-13(8-6-12)19(3)11-15-17-9-10-18(15)2/h5-10,14H,4,11,16H2,1-3H3/t14-/m1/s1. The molecule has 1 aromatic carbocycles. The fourth-order valence-corrected chi connectivity index (χ4v) is 2.06. The van der Waals surface area contributed by atoms with Gasteiger partial charge in [0.25, 0.3) is 0 Å². The number of benzene rings is 1. The maximum absolute atomic E-state index is 6.02. The molecule has 1 heterocycles. The molecular formula is C15H22N4. The molecule has 0 saturated carbocycles. The van der Waals surface area contributed by atoms with E-state index in [-0.39, 0.29) is 6.04 Å². The van der Waals surface area contributed by atoms with Gasteiger partial charge in [-0.25, -0.2) is 4.98 Å². The van der Waals surface area contributed by atoms with Crippen molar-refractivity contribution in [2.45, 2.75) is 25.9 Å². The van der Waals surface area contributed by atoms with Gasteiger partial charge in [0.2, 0.25) is 0 Å². The zero-order chi connectivity index (χ0) is 13.8. The third-order valence-electron chi connectivity index (χ3n) is 3.50. The smallest absolute Gasteiger partial charge is 0.127 e. The summed E-state index contributed by atoms with van der Waals surface area (Å²) in [5.74, 6) is 1.05. The highest BCUT2D eigenvalue weighted by molar-refractivity contribution is 5.47. The number of nitrogens with two attached hydrogens (primary N) is 1. The van der Waals surface area contributed by atoms with E-state index in [1.165, 1.54) is 11.3 Å². The highest BCUT2D eigenvalue weighted by Crippen LogP contribution is 2.19. The Kier molecular flexibility index (Phi) is 4.22. The van der Waals surface area contributed by atoms with Crippen LogP contribution >= 0.6 is 0 Å². The van der Waals surface area contributed by atoms with Crippen molar-refractivity contribution in [1.82, 2.24) is 9.55 Å². The first-order valence-corrected chi connectivity index (χ1v) is 6.64. The molecule has 102 valence electrons. The van der Waals surface area contributed by atoms with Crippen LogP contribution in [0.3, 0.4) is 0 Å². The van der Waals surface area contributed by atoms with Crippen molar-refractivity contribution in [3.8, 4) is 0 Å². The van der Waals surface area contributed by atoms with E-state index in [1.54, 1.807) is 0 Å². The van der Waals surface area contributed by atoms with Crippen LogP contribution in [0.2, 0.25) is 0 Å². The zero-order valence-electron chi connectivity index (χ0n) is 11.9. The van der Waals surface area contributed by atoms with Gasteiger partial charge in [0.05, 0.1) is 6.54 Å². The van der Waals surface area contributed by atoms with Gasteiger partial charge in [0.1, 0.15) is 5.82 Å². The minimum atomic E-state index is 0.133. The third kappa shape index (κ3) is 3.15. The average molecular weight is 258 g/mol. The molecule has 0 saturated heterocycles. The molecule has 0 amide bonds. The van der Waals surface area contributed by atoms with Crippen LogP contribution in [0.5, 0.6) is 0 Å². The van der Waals surface area contributed by atoms with Crippen LogP contribution in [0.25, 0.3) is 0 Å². The molecule has 1 aromatic heterocycles. The lowest BCUT2D eigenvalue weighted by Crippen LogP contribution is -2.19. The Morgan fingerprint density at radius 1 is 1.32 bits per heavy atom. The van der Waals surface area contributed by atoms with Crippen molar-refractivity contribution in [3.05, 3.63) is 48.0 Å². The lowest BCUT2D eigenvalue weighted by molar-refractivity contribution is 0.698. The minimum Gasteiger partial charge on any atom is -0.367 e. The van der Waals surface area contributed by atoms with Gasteiger partial charge < -0.3 is 15.2 Å². The van der Waals surface area contributed by atoms with E-state index in [9.17, 15) is 0 Å². The van der Waals surface area contributed by atoms with E-state index < -0.39 is 0 Å². The van der Waals surface area contributed by atoms with Crippen LogP contribution in [-0.2, 0) is 13.6 Å². The second-order valence-electron chi connectivity index (χ2n) is 4.92. The van der Waals surface area contributed by atoms with Crippen molar-refractivity contribution in [3.63, 3.8) is 0 Å². The fourth-order valence-electron chi connectivity index (χ4n) is 2.06. The summed E-state index contributed by atoms with van der Waals surface area (Å²) in [6.07, 6.45) is 4.75. The van der Waals surface area contributed by atoms with Gasteiger partial charge >= 0.3 is 0 Å². The summed E-state index contributed by atoms with van der Waals surface area (Å²) in [7, 11) is 4.09. The molecule has 0 aliphatic rings. The molecule has 0 spiro atoms. The lowest BCUT2D eigenvalue weighted by atomic mass is 10.1. The molecule has 0 radical (unpaired) electrons. The second kappa shape index (κ2) is 5.89. The summed E-state index contributed by atoms with van der Waals surface area (Å²) in [5.41, 5.74) is 8.39. The summed E-state index contributed by atoms with van der Waals surface area (Å²) >= 11 is 0. The maximum Gasteiger partial charge on any atom is 0.127 e. The Labute approximate surface area is 114 Å². The van der Waals surface area contributed by atoms with E-state index in [1.807, 2.05) is 24.0 Å². The SMILES string of the molecule is CC[C@@H](N)c1ccc(N(C)Cc2nccn2C)cc1. The molecule has 4 nitrogen and oxygen atoms in total. The molecule has 2 N–H and O–H groups in total. The third-order valence-corrected chi connectivity index (χ3v) is 3.50. The summed E-state index contributed by atoms with van der Waals surface area (Å²) in [5, 5.41) is 0.